The average Bonchev–Trinajstić information content (AvgIpc) is 2.90. The molecule has 4 nitrogen and oxygen atoms in total. The van der Waals surface area contributed by atoms with E-state index < -0.39 is 11.4 Å². The van der Waals surface area contributed by atoms with Crippen LogP contribution in [0, 0.1) is 0 Å². The van der Waals surface area contributed by atoms with Crippen LogP contribution in [0.2, 0.25) is 5.02 Å². The number of carboxylic acids is 1. The van der Waals surface area contributed by atoms with Gasteiger partial charge in [-0.05, 0) is 13.8 Å². The number of carboxylic acid groups (broad SMARTS) is 1. The largest absolute Gasteiger partial charge is 0.490 e. The van der Waals surface area contributed by atoms with E-state index in [-0.39, 0.29) is 18.6 Å². The Balaban J connectivity index is 2.24. The second-order valence-electron chi connectivity index (χ2n) is 7.02. The standard InChI is InChI=1S/C17H21ClO4/c1-8-5-10-13(17(3,4)7-12(19)20)15-11(6-9(2)21-15)14(18)16(10)22-8/h8-9H,5-7H2,1-4H3,(H,19,20). The van der Waals surface area contributed by atoms with Crippen LogP contribution in [0.1, 0.15) is 50.8 Å². The molecule has 1 N–H and O–H groups in total. The molecule has 2 heterocycles. The van der Waals surface area contributed by atoms with E-state index in [0.29, 0.717) is 5.02 Å². The number of hydrogen-bond donors (Lipinski definition) is 1. The molecule has 1 aromatic rings. The minimum Gasteiger partial charge on any atom is -0.490 e. The lowest BCUT2D eigenvalue weighted by atomic mass is 9.76. The topological polar surface area (TPSA) is 55.8 Å². The molecule has 0 radical (unpaired) electrons. The molecule has 0 aromatic heterocycles. The highest BCUT2D eigenvalue weighted by molar-refractivity contribution is 6.33. The molecule has 0 spiro atoms. The smallest absolute Gasteiger partial charge is 0.304 e. The fourth-order valence-corrected chi connectivity index (χ4v) is 3.97. The van der Waals surface area contributed by atoms with Crippen LogP contribution in [0.4, 0.5) is 0 Å². The van der Waals surface area contributed by atoms with Crippen LogP contribution in [0.25, 0.3) is 0 Å². The van der Waals surface area contributed by atoms with Crippen molar-refractivity contribution < 1.29 is 19.4 Å². The van der Waals surface area contributed by atoms with Gasteiger partial charge >= 0.3 is 5.97 Å². The molecular weight excluding hydrogens is 304 g/mol. The lowest BCUT2D eigenvalue weighted by Crippen LogP contribution is -2.24. The molecule has 3 rings (SSSR count). The number of benzene rings is 1. The first-order valence-corrected chi connectivity index (χ1v) is 8.01. The number of ether oxygens (including phenoxy) is 2. The molecule has 0 saturated carbocycles. The molecule has 0 fully saturated rings. The zero-order chi connectivity index (χ0) is 16.2. The van der Waals surface area contributed by atoms with Gasteiger partial charge in [0.15, 0.2) is 0 Å². The van der Waals surface area contributed by atoms with Crippen LogP contribution >= 0.6 is 11.6 Å². The first-order chi connectivity index (χ1) is 10.2. The van der Waals surface area contributed by atoms with Gasteiger partial charge in [0.25, 0.3) is 0 Å². The van der Waals surface area contributed by atoms with Crippen LogP contribution in [-0.4, -0.2) is 23.3 Å². The molecule has 0 bridgehead atoms. The maximum Gasteiger partial charge on any atom is 0.304 e. The van der Waals surface area contributed by atoms with E-state index >= 15 is 0 Å². The van der Waals surface area contributed by atoms with Crippen molar-refractivity contribution in [1.29, 1.82) is 0 Å². The highest BCUT2D eigenvalue weighted by atomic mass is 35.5. The van der Waals surface area contributed by atoms with E-state index in [1.165, 1.54) is 0 Å². The van der Waals surface area contributed by atoms with Crippen molar-refractivity contribution in [1.82, 2.24) is 0 Å². The maximum absolute atomic E-state index is 11.3. The number of fused-ring (bicyclic) bond motifs is 2. The summed E-state index contributed by atoms with van der Waals surface area (Å²) < 4.78 is 11.9. The highest BCUT2D eigenvalue weighted by Gasteiger charge is 2.41. The number of carbonyl (C=O) groups is 1. The quantitative estimate of drug-likeness (QED) is 0.920. The highest BCUT2D eigenvalue weighted by Crippen LogP contribution is 2.53. The van der Waals surface area contributed by atoms with Crippen molar-refractivity contribution in [2.45, 2.75) is 64.6 Å². The molecule has 120 valence electrons. The van der Waals surface area contributed by atoms with E-state index in [9.17, 15) is 9.90 Å². The first kappa shape index (κ1) is 15.5. The summed E-state index contributed by atoms with van der Waals surface area (Å²) in [5, 5.41) is 9.90. The third kappa shape index (κ3) is 2.34. The second kappa shape index (κ2) is 5.05. The molecule has 2 atom stereocenters. The van der Waals surface area contributed by atoms with Gasteiger partial charge in [0, 0.05) is 34.9 Å². The van der Waals surface area contributed by atoms with Gasteiger partial charge in [0.2, 0.25) is 0 Å². The Bertz CT molecular complexity index is 612. The Kier molecular flexibility index (Phi) is 3.55. The molecule has 2 aliphatic heterocycles. The summed E-state index contributed by atoms with van der Waals surface area (Å²) in [7, 11) is 0. The van der Waals surface area contributed by atoms with Crippen LogP contribution in [0.15, 0.2) is 0 Å². The van der Waals surface area contributed by atoms with Crippen molar-refractivity contribution in [2.24, 2.45) is 0 Å². The van der Waals surface area contributed by atoms with Gasteiger partial charge in [0.05, 0.1) is 11.4 Å². The Morgan fingerprint density at radius 1 is 1.18 bits per heavy atom. The Hall–Kier alpha value is -1.42. The monoisotopic (exact) mass is 324 g/mol. The summed E-state index contributed by atoms with van der Waals surface area (Å²) in [6, 6.07) is 0. The summed E-state index contributed by atoms with van der Waals surface area (Å²) >= 11 is 6.54. The number of halogens is 1. The van der Waals surface area contributed by atoms with Gasteiger partial charge in [-0.25, -0.2) is 0 Å². The van der Waals surface area contributed by atoms with Crippen molar-refractivity contribution in [3.63, 3.8) is 0 Å². The van der Waals surface area contributed by atoms with Crippen molar-refractivity contribution in [3.05, 3.63) is 21.7 Å². The molecular formula is C17H21ClO4. The van der Waals surface area contributed by atoms with Crippen molar-refractivity contribution in [2.75, 3.05) is 0 Å². The number of aliphatic carboxylic acids is 1. The molecule has 0 saturated heterocycles. The van der Waals surface area contributed by atoms with E-state index in [1.54, 1.807) is 0 Å². The van der Waals surface area contributed by atoms with Crippen LogP contribution < -0.4 is 9.47 Å². The van der Waals surface area contributed by atoms with Gasteiger partial charge < -0.3 is 14.6 Å². The summed E-state index contributed by atoms with van der Waals surface area (Å²) in [5.41, 5.74) is 2.38. The minimum atomic E-state index is -0.819. The molecule has 0 aliphatic carbocycles. The van der Waals surface area contributed by atoms with Crippen LogP contribution in [-0.2, 0) is 23.1 Å². The van der Waals surface area contributed by atoms with Gasteiger partial charge in [-0.15, -0.1) is 0 Å². The van der Waals surface area contributed by atoms with Gasteiger partial charge in [-0.1, -0.05) is 25.4 Å². The van der Waals surface area contributed by atoms with Gasteiger partial charge in [-0.3, -0.25) is 4.79 Å². The molecule has 5 heteroatoms. The molecule has 1 aromatic carbocycles. The van der Waals surface area contributed by atoms with E-state index in [4.69, 9.17) is 21.1 Å². The van der Waals surface area contributed by atoms with Gasteiger partial charge in [0.1, 0.15) is 23.7 Å². The zero-order valence-corrected chi connectivity index (χ0v) is 14.1. The SMILES string of the molecule is CC1Cc2c(c(Cl)c3c(c2C(C)(C)CC(=O)O)OC(C)C3)O1. The molecule has 0 amide bonds. The summed E-state index contributed by atoms with van der Waals surface area (Å²) in [6.45, 7) is 7.89. The normalized spacial score (nSPS) is 22.8. The van der Waals surface area contributed by atoms with E-state index in [1.807, 2.05) is 27.7 Å². The Morgan fingerprint density at radius 2 is 1.73 bits per heavy atom. The number of hydrogen-bond acceptors (Lipinski definition) is 3. The third-order valence-electron chi connectivity index (χ3n) is 4.43. The van der Waals surface area contributed by atoms with Crippen LogP contribution in [0.3, 0.4) is 0 Å². The molecule has 2 aliphatic rings. The first-order valence-electron chi connectivity index (χ1n) is 7.63. The van der Waals surface area contributed by atoms with E-state index in [0.717, 1.165) is 41.0 Å². The second-order valence-corrected chi connectivity index (χ2v) is 7.40. The molecule has 2 unspecified atom stereocenters. The Labute approximate surface area is 135 Å². The third-order valence-corrected chi connectivity index (χ3v) is 4.83. The van der Waals surface area contributed by atoms with Crippen molar-refractivity contribution >= 4 is 17.6 Å². The predicted octanol–water partition coefficient (Wildman–Crippen LogP) is 3.74. The summed E-state index contributed by atoms with van der Waals surface area (Å²) in [6.07, 6.45) is 1.60. The van der Waals surface area contributed by atoms with Crippen molar-refractivity contribution in [3.8, 4) is 11.5 Å². The predicted molar refractivity (Wildman–Crippen MR) is 84.3 cm³/mol. The number of rotatable bonds is 3. The Morgan fingerprint density at radius 3 is 2.32 bits per heavy atom. The molecule has 22 heavy (non-hydrogen) atoms. The fraction of sp³-hybridized carbons (Fsp3) is 0.588. The van der Waals surface area contributed by atoms with Crippen LogP contribution in [0.5, 0.6) is 11.5 Å². The lowest BCUT2D eigenvalue weighted by Gasteiger charge is -2.28. The zero-order valence-electron chi connectivity index (χ0n) is 13.3. The summed E-state index contributed by atoms with van der Waals surface area (Å²) in [4.78, 5) is 11.3. The summed E-state index contributed by atoms with van der Waals surface area (Å²) in [5.74, 6) is 0.680. The van der Waals surface area contributed by atoms with E-state index in [2.05, 4.69) is 0 Å². The lowest BCUT2D eigenvalue weighted by molar-refractivity contribution is -0.138. The average molecular weight is 325 g/mol. The van der Waals surface area contributed by atoms with Gasteiger partial charge in [-0.2, -0.15) is 0 Å². The minimum absolute atomic E-state index is 0.0413. The fourth-order valence-electron chi connectivity index (χ4n) is 3.64. The maximum atomic E-state index is 11.3.